The van der Waals surface area contributed by atoms with Crippen molar-refractivity contribution in [3.05, 3.63) is 35.9 Å². The van der Waals surface area contributed by atoms with Gasteiger partial charge in [-0.05, 0) is 18.6 Å². The number of aliphatic hydroxyl groups is 1. The van der Waals surface area contributed by atoms with Crippen LogP contribution in [0.2, 0.25) is 0 Å². The summed E-state index contributed by atoms with van der Waals surface area (Å²) in [6, 6.07) is 9.71. The molecular formula is C16H21N3O2. The predicted octanol–water partition coefficient (Wildman–Crippen LogP) is 1.69. The van der Waals surface area contributed by atoms with Gasteiger partial charge in [-0.2, -0.15) is 0 Å². The molecule has 0 saturated heterocycles. The minimum Gasteiger partial charge on any atom is -0.392 e. The molecule has 0 saturated carbocycles. The Kier molecular flexibility index (Phi) is 5.11. The van der Waals surface area contributed by atoms with E-state index in [1.165, 1.54) is 0 Å². The number of fused-ring (bicyclic) bond motifs is 1. The molecule has 0 aliphatic heterocycles. The van der Waals surface area contributed by atoms with Gasteiger partial charge in [-0.25, -0.2) is 4.98 Å². The van der Waals surface area contributed by atoms with Crippen molar-refractivity contribution in [3.8, 4) is 0 Å². The van der Waals surface area contributed by atoms with E-state index in [9.17, 15) is 9.90 Å². The molecule has 1 aromatic heterocycles. The molecule has 0 unspecified atom stereocenters. The molecule has 0 spiro atoms. The lowest BCUT2D eigenvalue weighted by molar-refractivity contribution is -0.119. The fourth-order valence-corrected chi connectivity index (χ4v) is 2.32. The molecule has 2 rings (SSSR count). The van der Waals surface area contributed by atoms with Crippen molar-refractivity contribution >= 4 is 22.6 Å². The molecule has 1 amide bonds. The highest BCUT2D eigenvalue weighted by Gasteiger charge is 2.16. The zero-order chi connectivity index (χ0) is 15.2. The minimum absolute atomic E-state index is 0.0673. The molecule has 0 radical (unpaired) electrons. The number of carbonyl (C=O) groups is 1. The zero-order valence-electron chi connectivity index (χ0n) is 12.5. The molecule has 0 aliphatic carbocycles. The van der Waals surface area contributed by atoms with Gasteiger partial charge in [0.25, 0.3) is 0 Å². The van der Waals surface area contributed by atoms with Gasteiger partial charge in [0.1, 0.15) is 5.82 Å². The first-order valence-electron chi connectivity index (χ1n) is 7.14. The Balaban J connectivity index is 2.46. The molecule has 2 N–H and O–H groups in total. The van der Waals surface area contributed by atoms with Crippen LogP contribution in [0.3, 0.4) is 0 Å². The van der Waals surface area contributed by atoms with E-state index in [1.54, 1.807) is 7.05 Å². The smallest absolute Gasteiger partial charge is 0.239 e. The van der Waals surface area contributed by atoms with E-state index >= 15 is 0 Å². The van der Waals surface area contributed by atoms with Crippen molar-refractivity contribution in [1.29, 1.82) is 0 Å². The highest BCUT2D eigenvalue weighted by atomic mass is 16.3. The van der Waals surface area contributed by atoms with Crippen LogP contribution in [0.15, 0.2) is 30.3 Å². The van der Waals surface area contributed by atoms with Gasteiger partial charge in [0.15, 0.2) is 0 Å². The number of likely N-dealkylation sites (N-methyl/N-ethyl adjacent to an activating group) is 1. The van der Waals surface area contributed by atoms with Crippen LogP contribution in [0.1, 0.15) is 18.9 Å². The number of aromatic nitrogens is 1. The maximum absolute atomic E-state index is 11.7. The maximum atomic E-state index is 11.7. The number of anilines is 1. The van der Waals surface area contributed by atoms with E-state index in [0.29, 0.717) is 12.4 Å². The van der Waals surface area contributed by atoms with Gasteiger partial charge in [-0.1, -0.05) is 25.1 Å². The molecule has 21 heavy (non-hydrogen) atoms. The van der Waals surface area contributed by atoms with Gasteiger partial charge < -0.3 is 15.3 Å². The summed E-state index contributed by atoms with van der Waals surface area (Å²) in [6.07, 6.45) is 0.899. The Morgan fingerprint density at radius 1 is 1.38 bits per heavy atom. The monoisotopic (exact) mass is 287 g/mol. The third kappa shape index (κ3) is 3.49. The van der Waals surface area contributed by atoms with Gasteiger partial charge in [0, 0.05) is 24.5 Å². The van der Waals surface area contributed by atoms with E-state index in [4.69, 9.17) is 0 Å². The first-order valence-corrected chi connectivity index (χ1v) is 7.14. The molecular weight excluding hydrogens is 266 g/mol. The highest BCUT2D eigenvalue weighted by molar-refractivity contribution is 5.84. The van der Waals surface area contributed by atoms with E-state index < -0.39 is 0 Å². The number of para-hydroxylation sites is 1. The summed E-state index contributed by atoms with van der Waals surface area (Å²) in [4.78, 5) is 18.2. The predicted molar refractivity (Wildman–Crippen MR) is 84.2 cm³/mol. The van der Waals surface area contributed by atoms with Crippen LogP contribution in [0, 0.1) is 0 Å². The Bertz CT molecular complexity index is 628. The Hall–Kier alpha value is -2.14. The molecule has 112 valence electrons. The summed E-state index contributed by atoms with van der Waals surface area (Å²) < 4.78 is 0. The van der Waals surface area contributed by atoms with Crippen molar-refractivity contribution in [2.75, 3.05) is 25.0 Å². The quantitative estimate of drug-likeness (QED) is 0.848. The summed E-state index contributed by atoms with van der Waals surface area (Å²) >= 11 is 0. The largest absolute Gasteiger partial charge is 0.392 e. The van der Waals surface area contributed by atoms with Crippen molar-refractivity contribution in [1.82, 2.24) is 10.3 Å². The van der Waals surface area contributed by atoms with Crippen molar-refractivity contribution in [2.45, 2.75) is 20.0 Å². The number of nitrogens with zero attached hydrogens (tertiary/aromatic N) is 2. The summed E-state index contributed by atoms with van der Waals surface area (Å²) in [5, 5.41) is 13.2. The van der Waals surface area contributed by atoms with Crippen LogP contribution < -0.4 is 10.2 Å². The molecule has 5 nitrogen and oxygen atoms in total. The van der Waals surface area contributed by atoms with Gasteiger partial charge in [0.05, 0.1) is 18.7 Å². The fourth-order valence-electron chi connectivity index (χ4n) is 2.32. The number of nitrogens with one attached hydrogen (secondary N) is 1. The number of hydrogen-bond acceptors (Lipinski definition) is 4. The Labute approximate surface area is 124 Å². The minimum atomic E-state index is -0.0961. The first-order chi connectivity index (χ1) is 10.2. The molecule has 5 heteroatoms. The second-order valence-electron chi connectivity index (χ2n) is 4.92. The normalized spacial score (nSPS) is 10.6. The van der Waals surface area contributed by atoms with Crippen LogP contribution in [-0.4, -0.2) is 36.1 Å². The lowest BCUT2D eigenvalue weighted by Crippen LogP contribution is -2.37. The lowest BCUT2D eigenvalue weighted by Gasteiger charge is -2.24. The average molecular weight is 287 g/mol. The number of aliphatic hydroxyl groups excluding tert-OH is 1. The summed E-state index contributed by atoms with van der Waals surface area (Å²) in [7, 11) is 1.62. The second kappa shape index (κ2) is 7.04. The molecule has 0 bridgehead atoms. The summed E-state index contributed by atoms with van der Waals surface area (Å²) in [5.74, 6) is 0.615. The third-order valence-corrected chi connectivity index (χ3v) is 3.36. The number of carbonyl (C=O) groups excluding carboxylic acids is 1. The van der Waals surface area contributed by atoms with Crippen LogP contribution in [-0.2, 0) is 11.4 Å². The molecule has 0 atom stereocenters. The van der Waals surface area contributed by atoms with E-state index in [0.717, 1.165) is 22.9 Å². The van der Waals surface area contributed by atoms with Crippen LogP contribution in [0.4, 0.5) is 5.82 Å². The first kappa shape index (κ1) is 15.3. The number of amides is 1. The van der Waals surface area contributed by atoms with Crippen molar-refractivity contribution < 1.29 is 9.90 Å². The SMILES string of the molecule is CCCN(CC(=O)NC)c1nc2ccccc2cc1CO. The van der Waals surface area contributed by atoms with Crippen LogP contribution in [0.25, 0.3) is 10.9 Å². The van der Waals surface area contributed by atoms with Crippen molar-refractivity contribution in [3.63, 3.8) is 0 Å². The maximum Gasteiger partial charge on any atom is 0.239 e. The van der Waals surface area contributed by atoms with Crippen molar-refractivity contribution in [2.24, 2.45) is 0 Å². The standard InChI is InChI=1S/C16H21N3O2/c1-3-8-19(10-15(21)17-2)16-13(11-20)9-12-6-4-5-7-14(12)18-16/h4-7,9,20H,3,8,10-11H2,1-2H3,(H,17,21). The summed E-state index contributed by atoms with van der Waals surface area (Å²) in [5.41, 5.74) is 1.61. The number of pyridine rings is 1. The Morgan fingerprint density at radius 3 is 2.81 bits per heavy atom. The number of rotatable bonds is 6. The molecule has 2 aromatic rings. The van der Waals surface area contributed by atoms with E-state index in [2.05, 4.69) is 17.2 Å². The summed E-state index contributed by atoms with van der Waals surface area (Å²) in [6.45, 7) is 2.91. The lowest BCUT2D eigenvalue weighted by atomic mass is 10.1. The van der Waals surface area contributed by atoms with Gasteiger partial charge in [-0.15, -0.1) is 0 Å². The average Bonchev–Trinajstić information content (AvgIpc) is 2.52. The molecule has 1 heterocycles. The van der Waals surface area contributed by atoms with Crippen LogP contribution >= 0.6 is 0 Å². The van der Waals surface area contributed by atoms with Gasteiger partial charge >= 0.3 is 0 Å². The molecule has 0 fully saturated rings. The van der Waals surface area contributed by atoms with Gasteiger partial charge in [0.2, 0.25) is 5.91 Å². The second-order valence-corrected chi connectivity index (χ2v) is 4.92. The third-order valence-electron chi connectivity index (χ3n) is 3.36. The van der Waals surface area contributed by atoms with E-state index in [1.807, 2.05) is 35.2 Å². The Morgan fingerprint density at radius 2 is 2.14 bits per heavy atom. The number of benzene rings is 1. The zero-order valence-corrected chi connectivity index (χ0v) is 12.5. The topological polar surface area (TPSA) is 65.5 Å². The number of hydrogen-bond donors (Lipinski definition) is 2. The highest BCUT2D eigenvalue weighted by Crippen LogP contribution is 2.24. The van der Waals surface area contributed by atoms with E-state index in [-0.39, 0.29) is 19.1 Å². The van der Waals surface area contributed by atoms with Crippen LogP contribution in [0.5, 0.6) is 0 Å². The molecule has 1 aromatic carbocycles. The molecule has 0 aliphatic rings. The fraction of sp³-hybridized carbons (Fsp3) is 0.375. The van der Waals surface area contributed by atoms with Gasteiger partial charge in [-0.3, -0.25) is 4.79 Å².